The number of carbonyl (C=O) groups is 1. The Kier molecular flexibility index (Phi) is 6.56. The quantitative estimate of drug-likeness (QED) is 0.825. The molecule has 0 fully saturated rings. The first-order valence-corrected chi connectivity index (χ1v) is 9.52. The van der Waals surface area contributed by atoms with E-state index < -0.39 is 21.8 Å². The van der Waals surface area contributed by atoms with Crippen LogP contribution in [0.5, 0.6) is 0 Å². The Labute approximate surface area is 133 Å². The Bertz CT molecular complexity index is 587. The second kappa shape index (κ2) is 7.74. The zero-order valence-corrected chi connectivity index (χ0v) is 14.5. The third-order valence-electron chi connectivity index (χ3n) is 3.81. The predicted octanol–water partition coefficient (Wildman–Crippen LogP) is 1.60. The zero-order valence-electron chi connectivity index (χ0n) is 13.7. The molecule has 0 aliphatic heterocycles. The van der Waals surface area contributed by atoms with Crippen LogP contribution in [0, 0.1) is 5.92 Å². The second-order valence-corrected chi connectivity index (χ2v) is 7.98. The molecule has 3 atom stereocenters. The molecule has 5 nitrogen and oxygen atoms in total. The first kappa shape index (κ1) is 18.6. The standard InChI is InChI=1S/C16H26N2O3S/c1-5-18(12(2)11-22(4,20)21)16(19)13(3)15(17)14-9-7-6-8-10-14/h6-10,12-13,15H,5,11,17H2,1-4H3. The highest BCUT2D eigenvalue weighted by Crippen LogP contribution is 2.22. The van der Waals surface area contributed by atoms with Gasteiger partial charge in [-0.05, 0) is 19.4 Å². The third kappa shape index (κ3) is 5.10. The van der Waals surface area contributed by atoms with E-state index in [-0.39, 0.29) is 17.7 Å². The van der Waals surface area contributed by atoms with Crippen LogP contribution in [-0.4, -0.2) is 43.8 Å². The van der Waals surface area contributed by atoms with Gasteiger partial charge in [-0.3, -0.25) is 4.79 Å². The van der Waals surface area contributed by atoms with Gasteiger partial charge in [-0.15, -0.1) is 0 Å². The first-order valence-electron chi connectivity index (χ1n) is 7.46. The average Bonchev–Trinajstić information content (AvgIpc) is 2.45. The minimum atomic E-state index is -3.14. The summed E-state index contributed by atoms with van der Waals surface area (Å²) in [5, 5.41) is 0. The number of hydrogen-bond acceptors (Lipinski definition) is 4. The summed E-state index contributed by atoms with van der Waals surface area (Å²) in [5.74, 6) is -0.570. The molecule has 1 aromatic carbocycles. The highest BCUT2D eigenvalue weighted by molar-refractivity contribution is 7.90. The Morgan fingerprint density at radius 1 is 1.23 bits per heavy atom. The average molecular weight is 326 g/mol. The molecular weight excluding hydrogens is 300 g/mol. The number of sulfone groups is 1. The van der Waals surface area contributed by atoms with Crippen LogP contribution < -0.4 is 5.73 Å². The molecule has 2 N–H and O–H groups in total. The minimum Gasteiger partial charge on any atom is -0.339 e. The minimum absolute atomic E-state index is 0.0418. The molecule has 22 heavy (non-hydrogen) atoms. The molecule has 3 unspecified atom stereocenters. The Morgan fingerprint density at radius 3 is 2.23 bits per heavy atom. The summed E-state index contributed by atoms with van der Waals surface area (Å²) in [7, 11) is -3.14. The molecule has 0 aliphatic carbocycles. The molecule has 1 aromatic rings. The lowest BCUT2D eigenvalue weighted by Gasteiger charge is -2.32. The van der Waals surface area contributed by atoms with Gasteiger partial charge in [0.25, 0.3) is 0 Å². The van der Waals surface area contributed by atoms with Crippen LogP contribution in [0.15, 0.2) is 30.3 Å². The number of benzene rings is 1. The number of hydrogen-bond donors (Lipinski definition) is 1. The van der Waals surface area contributed by atoms with Gasteiger partial charge < -0.3 is 10.6 Å². The summed E-state index contributed by atoms with van der Waals surface area (Å²) in [6, 6.07) is 8.68. The van der Waals surface area contributed by atoms with Crippen molar-refractivity contribution in [3.05, 3.63) is 35.9 Å². The van der Waals surface area contributed by atoms with Crippen molar-refractivity contribution in [2.75, 3.05) is 18.6 Å². The third-order valence-corrected chi connectivity index (χ3v) is 4.90. The predicted molar refractivity (Wildman–Crippen MR) is 89.1 cm³/mol. The van der Waals surface area contributed by atoms with E-state index in [0.29, 0.717) is 6.54 Å². The summed E-state index contributed by atoms with van der Waals surface area (Å²) in [4.78, 5) is 14.3. The number of nitrogens with two attached hydrogens (primary N) is 1. The van der Waals surface area contributed by atoms with E-state index in [2.05, 4.69) is 0 Å². The summed E-state index contributed by atoms with van der Waals surface area (Å²) in [6.45, 7) is 5.85. The topological polar surface area (TPSA) is 80.5 Å². The van der Waals surface area contributed by atoms with E-state index >= 15 is 0 Å². The van der Waals surface area contributed by atoms with Gasteiger partial charge in [0, 0.05) is 24.9 Å². The van der Waals surface area contributed by atoms with Crippen molar-refractivity contribution in [2.24, 2.45) is 11.7 Å². The Morgan fingerprint density at radius 2 is 1.77 bits per heavy atom. The lowest BCUT2D eigenvalue weighted by Crippen LogP contribution is -2.46. The Balaban J connectivity index is 2.87. The van der Waals surface area contributed by atoms with Crippen molar-refractivity contribution in [3.8, 4) is 0 Å². The molecule has 0 aliphatic rings. The molecule has 0 saturated carbocycles. The van der Waals surface area contributed by atoms with Crippen molar-refractivity contribution in [1.82, 2.24) is 4.90 Å². The van der Waals surface area contributed by atoms with Gasteiger partial charge in [0.05, 0.1) is 11.7 Å². The lowest BCUT2D eigenvalue weighted by atomic mass is 9.94. The fraction of sp³-hybridized carbons (Fsp3) is 0.562. The maximum Gasteiger partial charge on any atom is 0.227 e. The van der Waals surface area contributed by atoms with Crippen molar-refractivity contribution in [1.29, 1.82) is 0 Å². The van der Waals surface area contributed by atoms with Crippen LogP contribution in [0.4, 0.5) is 0 Å². The number of amides is 1. The van der Waals surface area contributed by atoms with Crippen molar-refractivity contribution in [2.45, 2.75) is 32.9 Å². The molecule has 0 heterocycles. The monoisotopic (exact) mass is 326 g/mol. The summed E-state index contributed by atoms with van der Waals surface area (Å²) >= 11 is 0. The largest absolute Gasteiger partial charge is 0.339 e. The van der Waals surface area contributed by atoms with Gasteiger partial charge in [-0.2, -0.15) is 0 Å². The van der Waals surface area contributed by atoms with E-state index in [0.717, 1.165) is 5.56 Å². The van der Waals surface area contributed by atoms with Crippen LogP contribution in [0.25, 0.3) is 0 Å². The van der Waals surface area contributed by atoms with Gasteiger partial charge in [-0.1, -0.05) is 37.3 Å². The van der Waals surface area contributed by atoms with E-state index in [4.69, 9.17) is 5.73 Å². The summed E-state index contributed by atoms with van der Waals surface area (Å²) in [6.07, 6.45) is 1.18. The molecule has 6 heteroatoms. The molecule has 124 valence electrons. The van der Waals surface area contributed by atoms with Crippen molar-refractivity contribution >= 4 is 15.7 Å². The fourth-order valence-corrected chi connectivity index (χ4v) is 3.65. The van der Waals surface area contributed by atoms with E-state index in [1.165, 1.54) is 6.26 Å². The highest BCUT2D eigenvalue weighted by atomic mass is 32.2. The maximum atomic E-state index is 12.7. The van der Waals surface area contributed by atoms with Gasteiger partial charge >= 0.3 is 0 Å². The molecule has 0 radical (unpaired) electrons. The van der Waals surface area contributed by atoms with Crippen LogP contribution in [0.2, 0.25) is 0 Å². The van der Waals surface area contributed by atoms with Crippen LogP contribution >= 0.6 is 0 Å². The van der Waals surface area contributed by atoms with Crippen LogP contribution in [0.3, 0.4) is 0 Å². The molecule has 0 saturated heterocycles. The molecule has 1 rings (SSSR count). The van der Waals surface area contributed by atoms with E-state index in [1.807, 2.05) is 37.3 Å². The van der Waals surface area contributed by atoms with Crippen LogP contribution in [0.1, 0.15) is 32.4 Å². The van der Waals surface area contributed by atoms with Gasteiger partial charge in [0.15, 0.2) is 0 Å². The Hall–Kier alpha value is -1.40. The number of rotatable bonds is 7. The maximum absolute atomic E-state index is 12.7. The van der Waals surface area contributed by atoms with Gasteiger partial charge in [0.1, 0.15) is 9.84 Å². The summed E-state index contributed by atoms with van der Waals surface area (Å²) < 4.78 is 22.9. The number of carbonyl (C=O) groups excluding carboxylic acids is 1. The second-order valence-electron chi connectivity index (χ2n) is 5.79. The smallest absolute Gasteiger partial charge is 0.227 e. The molecule has 1 amide bonds. The van der Waals surface area contributed by atoms with Crippen molar-refractivity contribution in [3.63, 3.8) is 0 Å². The SMILES string of the molecule is CCN(C(=O)C(C)C(N)c1ccccc1)C(C)CS(C)(=O)=O. The first-order chi connectivity index (χ1) is 10.2. The molecule has 0 aromatic heterocycles. The number of nitrogens with zero attached hydrogens (tertiary/aromatic N) is 1. The van der Waals surface area contributed by atoms with E-state index in [1.54, 1.807) is 18.7 Å². The molecular formula is C16H26N2O3S. The highest BCUT2D eigenvalue weighted by Gasteiger charge is 2.29. The van der Waals surface area contributed by atoms with Crippen molar-refractivity contribution < 1.29 is 13.2 Å². The fourth-order valence-electron chi connectivity index (χ4n) is 2.59. The zero-order chi connectivity index (χ0) is 16.9. The normalized spacial score (nSPS) is 15.9. The van der Waals surface area contributed by atoms with Crippen LogP contribution in [-0.2, 0) is 14.6 Å². The molecule has 0 spiro atoms. The summed E-state index contributed by atoms with van der Waals surface area (Å²) in [5.41, 5.74) is 7.09. The van der Waals surface area contributed by atoms with E-state index in [9.17, 15) is 13.2 Å². The van der Waals surface area contributed by atoms with Gasteiger partial charge in [0.2, 0.25) is 5.91 Å². The molecule has 0 bridgehead atoms. The van der Waals surface area contributed by atoms with Gasteiger partial charge in [-0.25, -0.2) is 8.42 Å². The lowest BCUT2D eigenvalue weighted by molar-refractivity contribution is -0.137.